The third-order valence-corrected chi connectivity index (χ3v) is 3.83. The van der Waals surface area contributed by atoms with Crippen molar-refractivity contribution in [3.63, 3.8) is 0 Å². The molecule has 0 aromatic heterocycles. The maximum atomic E-state index is 11.3. The van der Waals surface area contributed by atoms with E-state index in [1.54, 1.807) is 18.9 Å². The van der Waals surface area contributed by atoms with Gasteiger partial charge in [0.1, 0.15) is 6.61 Å². The molecule has 16 heavy (non-hydrogen) atoms. The fourth-order valence-corrected chi connectivity index (χ4v) is 2.81. The van der Waals surface area contributed by atoms with Crippen LogP contribution in [0.4, 0.5) is 0 Å². The number of ketones is 1. The van der Waals surface area contributed by atoms with Crippen LogP contribution in [-0.4, -0.2) is 25.3 Å². The van der Waals surface area contributed by atoms with Crippen LogP contribution < -0.4 is 0 Å². The molecule has 0 bridgehead atoms. The van der Waals surface area contributed by atoms with Crippen LogP contribution >= 0.6 is 11.8 Å². The first-order valence-electron chi connectivity index (χ1n) is 5.55. The lowest BCUT2D eigenvalue weighted by atomic mass is 10.1. The van der Waals surface area contributed by atoms with Gasteiger partial charge in [-0.25, -0.2) is 0 Å². The Morgan fingerprint density at radius 1 is 1.38 bits per heavy atom. The number of thioether (sulfide) groups is 1. The first-order valence-corrected chi connectivity index (χ1v) is 6.53. The zero-order valence-corrected chi connectivity index (χ0v) is 10.3. The molecule has 0 fully saturated rings. The van der Waals surface area contributed by atoms with Gasteiger partial charge in [-0.1, -0.05) is 6.07 Å². The summed E-state index contributed by atoms with van der Waals surface area (Å²) in [5.74, 6) is 0.653. The van der Waals surface area contributed by atoms with E-state index in [0.717, 1.165) is 0 Å². The minimum atomic E-state index is 0.146. The second-order valence-electron chi connectivity index (χ2n) is 4.04. The zero-order valence-electron chi connectivity index (χ0n) is 9.49. The van der Waals surface area contributed by atoms with E-state index in [2.05, 4.69) is 18.2 Å². The number of rotatable bonds is 5. The van der Waals surface area contributed by atoms with Gasteiger partial charge in [-0.15, -0.1) is 11.8 Å². The van der Waals surface area contributed by atoms with Crippen LogP contribution in [0.2, 0.25) is 0 Å². The molecule has 0 spiro atoms. The van der Waals surface area contributed by atoms with Gasteiger partial charge in [0, 0.05) is 12.0 Å². The Bertz CT molecular complexity index is 388. The van der Waals surface area contributed by atoms with Crippen molar-refractivity contribution in [1.82, 2.24) is 0 Å². The van der Waals surface area contributed by atoms with E-state index >= 15 is 0 Å². The third-order valence-electron chi connectivity index (χ3n) is 2.78. The number of aryl methyl sites for hydroxylation is 2. The molecule has 1 aromatic carbocycles. The van der Waals surface area contributed by atoms with Crippen molar-refractivity contribution in [2.45, 2.75) is 24.2 Å². The zero-order chi connectivity index (χ0) is 11.4. The highest BCUT2D eigenvalue weighted by molar-refractivity contribution is 8.00. The maximum absolute atomic E-state index is 11.3. The summed E-state index contributed by atoms with van der Waals surface area (Å²) in [6.45, 7) is 0.220. The van der Waals surface area contributed by atoms with Crippen LogP contribution in [0.1, 0.15) is 17.5 Å². The average Bonchev–Trinajstić information content (AvgIpc) is 2.74. The summed E-state index contributed by atoms with van der Waals surface area (Å²) in [5, 5.41) is 0. The van der Waals surface area contributed by atoms with Crippen LogP contribution in [0.15, 0.2) is 23.1 Å². The SMILES string of the molecule is COCC(=O)CSc1ccc2c(c1)CCC2. The number of ether oxygens (including phenoxy) is 1. The van der Waals surface area contributed by atoms with E-state index < -0.39 is 0 Å². The third kappa shape index (κ3) is 2.86. The Hall–Kier alpha value is -0.800. The Labute approximate surface area is 100 Å². The number of Topliss-reactive ketones (excluding diaryl/α,β-unsaturated/α-hetero) is 1. The fourth-order valence-electron chi connectivity index (χ4n) is 2.00. The minimum absolute atomic E-state index is 0.146. The number of benzene rings is 1. The van der Waals surface area contributed by atoms with Crippen LogP contribution in [0.3, 0.4) is 0 Å². The van der Waals surface area contributed by atoms with Crippen molar-refractivity contribution >= 4 is 17.5 Å². The number of fused-ring (bicyclic) bond motifs is 1. The van der Waals surface area contributed by atoms with Gasteiger partial charge in [0.15, 0.2) is 5.78 Å². The monoisotopic (exact) mass is 236 g/mol. The molecule has 2 nitrogen and oxygen atoms in total. The van der Waals surface area contributed by atoms with Gasteiger partial charge in [-0.2, -0.15) is 0 Å². The lowest BCUT2D eigenvalue weighted by Gasteiger charge is -2.04. The summed E-state index contributed by atoms with van der Waals surface area (Å²) >= 11 is 1.60. The first kappa shape index (κ1) is 11.7. The second-order valence-corrected chi connectivity index (χ2v) is 5.09. The van der Waals surface area contributed by atoms with Crippen molar-refractivity contribution in [2.75, 3.05) is 19.5 Å². The molecule has 1 aliphatic rings. The molecule has 1 aliphatic carbocycles. The normalized spacial score (nSPS) is 13.8. The molecule has 1 aromatic rings. The summed E-state index contributed by atoms with van der Waals surface area (Å²) in [6, 6.07) is 6.55. The van der Waals surface area contributed by atoms with Gasteiger partial charge in [-0.3, -0.25) is 4.79 Å². The lowest BCUT2D eigenvalue weighted by molar-refractivity contribution is -0.120. The van der Waals surface area contributed by atoms with Crippen molar-refractivity contribution in [3.8, 4) is 0 Å². The highest BCUT2D eigenvalue weighted by atomic mass is 32.2. The maximum Gasteiger partial charge on any atom is 0.168 e. The summed E-state index contributed by atoms with van der Waals surface area (Å²) in [6.07, 6.45) is 3.67. The molecule has 3 heteroatoms. The van der Waals surface area contributed by atoms with E-state index in [9.17, 15) is 4.79 Å². The second kappa shape index (κ2) is 5.51. The largest absolute Gasteiger partial charge is 0.377 e. The molecule has 0 unspecified atom stereocenters. The Balaban J connectivity index is 1.93. The Morgan fingerprint density at radius 2 is 2.19 bits per heavy atom. The molecular weight excluding hydrogens is 220 g/mol. The molecule has 0 amide bonds. The topological polar surface area (TPSA) is 26.3 Å². The smallest absolute Gasteiger partial charge is 0.168 e. The van der Waals surface area contributed by atoms with Gasteiger partial charge in [0.25, 0.3) is 0 Å². The molecule has 0 saturated carbocycles. The minimum Gasteiger partial charge on any atom is -0.377 e. The Morgan fingerprint density at radius 3 is 3.00 bits per heavy atom. The Kier molecular flexibility index (Phi) is 4.02. The molecule has 86 valence electrons. The molecule has 0 saturated heterocycles. The van der Waals surface area contributed by atoms with Gasteiger partial charge >= 0.3 is 0 Å². The molecule has 0 atom stereocenters. The number of carbonyl (C=O) groups is 1. The first-order chi connectivity index (χ1) is 7.79. The highest BCUT2D eigenvalue weighted by Crippen LogP contribution is 2.27. The van der Waals surface area contributed by atoms with E-state index in [1.165, 1.54) is 35.3 Å². The number of hydrogen-bond donors (Lipinski definition) is 0. The summed E-state index contributed by atoms with van der Waals surface area (Å²) in [7, 11) is 1.55. The fraction of sp³-hybridized carbons (Fsp3) is 0.462. The van der Waals surface area contributed by atoms with Crippen LogP contribution in [0.5, 0.6) is 0 Å². The predicted molar refractivity (Wildman–Crippen MR) is 66.1 cm³/mol. The molecule has 0 aliphatic heterocycles. The van der Waals surface area contributed by atoms with Crippen LogP contribution in [-0.2, 0) is 22.4 Å². The predicted octanol–water partition coefficient (Wildman–Crippen LogP) is 2.48. The lowest BCUT2D eigenvalue weighted by Crippen LogP contribution is -2.08. The van der Waals surface area contributed by atoms with Crippen LogP contribution in [0.25, 0.3) is 0 Å². The standard InChI is InChI=1S/C13H16O2S/c1-15-8-12(14)9-16-13-6-5-10-3-2-4-11(10)7-13/h5-7H,2-4,8-9H2,1H3. The van der Waals surface area contributed by atoms with Gasteiger partial charge in [0.05, 0.1) is 5.75 Å². The van der Waals surface area contributed by atoms with E-state index in [0.29, 0.717) is 5.75 Å². The molecular formula is C13H16O2S. The summed E-state index contributed by atoms with van der Waals surface area (Å²) in [5.41, 5.74) is 2.94. The van der Waals surface area contributed by atoms with Crippen molar-refractivity contribution in [1.29, 1.82) is 0 Å². The van der Waals surface area contributed by atoms with Crippen molar-refractivity contribution in [3.05, 3.63) is 29.3 Å². The van der Waals surface area contributed by atoms with E-state index in [1.807, 2.05) is 0 Å². The average molecular weight is 236 g/mol. The number of hydrogen-bond acceptors (Lipinski definition) is 3. The number of methoxy groups -OCH3 is 1. The number of carbonyl (C=O) groups excluding carboxylic acids is 1. The van der Waals surface area contributed by atoms with E-state index in [4.69, 9.17) is 4.74 Å². The van der Waals surface area contributed by atoms with Crippen LogP contribution in [0, 0.1) is 0 Å². The quantitative estimate of drug-likeness (QED) is 0.735. The van der Waals surface area contributed by atoms with E-state index in [-0.39, 0.29) is 12.4 Å². The highest BCUT2D eigenvalue weighted by Gasteiger charge is 2.11. The van der Waals surface area contributed by atoms with Gasteiger partial charge < -0.3 is 4.74 Å². The molecule has 0 heterocycles. The van der Waals surface area contributed by atoms with Crippen molar-refractivity contribution in [2.24, 2.45) is 0 Å². The van der Waals surface area contributed by atoms with Gasteiger partial charge in [0.2, 0.25) is 0 Å². The van der Waals surface area contributed by atoms with Crippen molar-refractivity contribution < 1.29 is 9.53 Å². The molecule has 2 rings (SSSR count). The summed E-state index contributed by atoms with van der Waals surface area (Å²) in [4.78, 5) is 12.5. The molecule has 0 N–H and O–H groups in total. The molecule has 0 radical (unpaired) electrons. The van der Waals surface area contributed by atoms with Gasteiger partial charge in [-0.05, 0) is 42.5 Å². The summed E-state index contributed by atoms with van der Waals surface area (Å²) < 4.78 is 4.80.